The lowest BCUT2D eigenvalue weighted by Gasteiger charge is -2.30. The lowest BCUT2D eigenvalue weighted by atomic mass is 10.1. The van der Waals surface area contributed by atoms with E-state index in [0.29, 0.717) is 13.1 Å². The predicted molar refractivity (Wildman–Crippen MR) is 58.0 cm³/mol. The van der Waals surface area contributed by atoms with Crippen LogP contribution in [0.1, 0.15) is 23.3 Å². The van der Waals surface area contributed by atoms with Gasteiger partial charge in [0.15, 0.2) is 0 Å². The Morgan fingerprint density at radius 1 is 1.56 bits per heavy atom. The minimum absolute atomic E-state index is 0.0421. The van der Waals surface area contributed by atoms with Crippen molar-refractivity contribution in [2.45, 2.75) is 18.9 Å². The molecule has 3 N–H and O–H groups in total. The molecule has 2 rings (SSSR count). The maximum atomic E-state index is 11.9. The quantitative estimate of drug-likeness (QED) is 0.659. The summed E-state index contributed by atoms with van der Waals surface area (Å²) >= 11 is 0. The van der Waals surface area contributed by atoms with E-state index in [-0.39, 0.29) is 23.2 Å². The lowest BCUT2D eigenvalue weighted by molar-refractivity contribution is 0.0701. The monoisotopic (exact) mass is 222 g/mol. The van der Waals surface area contributed by atoms with Gasteiger partial charge in [-0.15, -0.1) is 0 Å². The first-order chi connectivity index (χ1) is 7.66. The normalized spacial score (nSPS) is 20.8. The van der Waals surface area contributed by atoms with Gasteiger partial charge in [0.25, 0.3) is 11.5 Å². The minimum atomic E-state index is -0.313. The molecule has 0 aliphatic carbocycles. The van der Waals surface area contributed by atoms with Crippen LogP contribution >= 0.6 is 0 Å². The van der Waals surface area contributed by atoms with Gasteiger partial charge in [-0.2, -0.15) is 5.10 Å². The Morgan fingerprint density at radius 2 is 2.38 bits per heavy atom. The molecule has 1 fully saturated rings. The van der Waals surface area contributed by atoms with Gasteiger partial charge >= 0.3 is 0 Å². The van der Waals surface area contributed by atoms with Crippen LogP contribution in [0, 0.1) is 0 Å². The largest absolute Gasteiger partial charge is 0.336 e. The number of carbonyl (C=O) groups excluding carboxylic acids is 1. The summed E-state index contributed by atoms with van der Waals surface area (Å²) in [6, 6.07) is 2.77. The Balaban J connectivity index is 2.12. The van der Waals surface area contributed by atoms with Crippen molar-refractivity contribution >= 4 is 5.91 Å². The van der Waals surface area contributed by atoms with E-state index in [1.807, 2.05) is 0 Å². The van der Waals surface area contributed by atoms with Gasteiger partial charge in [0.1, 0.15) is 5.69 Å². The third kappa shape index (κ3) is 2.27. The van der Waals surface area contributed by atoms with Gasteiger partial charge in [-0.05, 0) is 18.9 Å². The molecule has 1 aliphatic rings. The third-order valence-electron chi connectivity index (χ3n) is 2.64. The number of piperidine rings is 1. The fourth-order valence-corrected chi connectivity index (χ4v) is 1.82. The summed E-state index contributed by atoms with van der Waals surface area (Å²) in [5.74, 6) is -0.175. The van der Waals surface area contributed by atoms with Crippen LogP contribution in [0.2, 0.25) is 0 Å². The molecule has 0 aromatic carbocycles. The Labute approximate surface area is 92.4 Å². The van der Waals surface area contributed by atoms with Crippen LogP contribution in [0.4, 0.5) is 0 Å². The molecule has 1 atom stereocenters. The van der Waals surface area contributed by atoms with Crippen LogP contribution in [0.25, 0.3) is 0 Å². The van der Waals surface area contributed by atoms with Crippen molar-refractivity contribution in [2.75, 3.05) is 13.1 Å². The zero-order chi connectivity index (χ0) is 11.5. The molecular weight excluding hydrogens is 208 g/mol. The fourth-order valence-electron chi connectivity index (χ4n) is 1.82. The first-order valence-corrected chi connectivity index (χ1v) is 5.27. The van der Waals surface area contributed by atoms with Crippen molar-refractivity contribution in [3.8, 4) is 0 Å². The SMILES string of the molecule is N[C@H]1CCCN(C(=O)c2ccc(=O)[nH]n2)C1. The molecule has 0 bridgehead atoms. The van der Waals surface area contributed by atoms with Crippen LogP contribution in [0.5, 0.6) is 0 Å². The summed E-state index contributed by atoms with van der Waals surface area (Å²) in [6.07, 6.45) is 1.86. The van der Waals surface area contributed by atoms with Crippen LogP contribution in [0.3, 0.4) is 0 Å². The number of aromatic nitrogens is 2. The molecule has 16 heavy (non-hydrogen) atoms. The number of likely N-dealkylation sites (tertiary alicyclic amines) is 1. The zero-order valence-corrected chi connectivity index (χ0v) is 8.85. The topological polar surface area (TPSA) is 92.1 Å². The number of nitrogens with zero attached hydrogens (tertiary/aromatic N) is 2. The van der Waals surface area contributed by atoms with E-state index in [4.69, 9.17) is 5.73 Å². The highest BCUT2D eigenvalue weighted by Gasteiger charge is 2.23. The summed E-state index contributed by atoms with van der Waals surface area (Å²) in [5.41, 5.74) is 5.74. The van der Waals surface area contributed by atoms with Crippen molar-refractivity contribution in [3.05, 3.63) is 28.2 Å². The third-order valence-corrected chi connectivity index (χ3v) is 2.64. The molecule has 1 aromatic rings. The molecule has 1 saturated heterocycles. The Hall–Kier alpha value is -1.69. The van der Waals surface area contributed by atoms with Crippen LogP contribution < -0.4 is 11.3 Å². The van der Waals surface area contributed by atoms with Crippen LogP contribution in [-0.4, -0.2) is 40.1 Å². The van der Waals surface area contributed by atoms with Gasteiger partial charge in [0.2, 0.25) is 0 Å². The van der Waals surface area contributed by atoms with Gasteiger partial charge in [-0.1, -0.05) is 0 Å². The average Bonchev–Trinajstić information content (AvgIpc) is 2.29. The van der Waals surface area contributed by atoms with Crippen molar-refractivity contribution in [3.63, 3.8) is 0 Å². The second kappa shape index (κ2) is 4.44. The van der Waals surface area contributed by atoms with Crippen molar-refractivity contribution in [1.82, 2.24) is 15.1 Å². The maximum absolute atomic E-state index is 11.9. The van der Waals surface area contributed by atoms with Crippen molar-refractivity contribution in [1.29, 1.82) is 0 Å². The lowest BCUT2D eigenvalue weighted by Crippen LogP contribution is -2.46. The average molecular weight is 222 g/mol. The zero-order valence-electron chi connectivity index (χ0n) is 8.85. The molecule has 2 heterocycles. The van der Waals surface area contributed by atoms with Gasteiger partial charge in [0, 0.05) is 25.2 Å². The summed E-state index contributed by atoms with van der Waals surface area (Å²) in [5, 5.41) is 5.96. The first kappa shape index (κ1) is 10.8. The summed E-state index contributed by atoms with van der Waals surface area (Å²) in [4.78, 5) is 24.4. The number of carbonyl (C=O) groups is 1. The number of aromatic amines is 1. The second-order valence-electron chi connectivity index (χ2n) is 3.96. The van der Waals surface area contributed by atoms with Crippen LogP contribution in [-0.2, 0) is 0 Å². The summed E-state index contributed by atoms with van der Waals surface area (Å²) in [6.45, 7) is 1.26. The number of rotatable bonds is 1. The van der Waals surface area contributed by atoms with E-state index < -0.39 is 0 Å². The highest BCUT2D eigenvalue weighted by molar-refractivity contribution is 5.92. The van der Waals surface area contributed by atoms with E-state index in [2.05, 4.69) is 10.2 Å². The number of amides is 1. The standard InChI is InChI=1S/C10H14N4O2/c11-7-2-1-5-14(6-7)10(16)8-3-4-9(15)13-12-8/h3-4,7H,1-2,5-6,11H2,(H,13,15)/t7-/m0/s1. The van der Waals surface area contributed by atoms with Gasteiger partial charge in [0.05, 0.1) is 0 Å². The Bertz CT molecular complexity index is 422. The fraction of sp³-hybridized carbons (Fsp3) is 0.500. The highest BCUT2D eigenvalue weighted by Crippen LogP contribution is 2.10. The Morgan fingerprint density at radius 3 is 3.00 bits per heavy atom. The van der Waals surface area contributed by atoms with Crippen molar-refractivity contribution in [2.24, 2.45) is 5.73 Å². The van der Waals surface area contributed by atoms with E-state index >= 15 is 0 Å². The number of hydrogen-bond donors (Lipinski definition) is 2. The number of hydrogen-bond acceptors (Lipinski definition) is 4. The molecule has 6 heteroatoms. The maximum Gasteiger partial charge on any atom is 0.274 e. The summed E-state index contributed by atoms with van der Waals surface area (Å²) in [7, 11) is 0. The van der Waals surface area contributed by atoms with Gasteiger partial charge in [-0.3, -0.25) is 9.59 Å². The minimum Gasteiger partial charge on any atom is -0.336 e. The van der Waals surface area contributed by atoms with E-state index in [1.165, 1.54) is 12.1 Å². The molecule has 0 unspecified atom stereocenters. The second-order valence-corrected chi connectivity index (χ2v) is 3.96. The molecule has 0 saturated carbocycles. The molecule has 1 aromatic heterocycles. The van der Waals surface area contributed by atoms with Crippen LogP contribution in [0.15, 0.2) is 16.9 Å². The number of nitrogens with two attached hydrogens (primary N) is 1. The molecule has 0 radical (unpaired) electrons. The molecule has 0 spiro atoms. The highest BCUT2D eigenvalue weighted by atomic mass is 16.2. The molecule has 6 nitrogen and oxygen atoms in total. The molecule has 86 valence electrons. The Kier molecular flexibility index (Phi) is 3.00. The first-order valence-electron chi connectivity index (χ1n) is 5.27. The van der Waals surface area contributed by atoms with Gasteiger partial charge < -0.3 is 10.6 Å². The summed E-state index contributed by atoms with van der Waals surface area (Å²) < 4.78 is 0. The molecule has 1 aliphatic heterocycles. The number of H-pyrrole nitrogens is 1. The molecule has 1 amide bonds. The smallest absolute Gasteiger partial charge is 0.274 e. The number of nitrogens with one attached hydrogen (secondary N) is 1. The van der Waals surface area contributed by atoms with Crippen molar-refractivity contribution < 1.29 is 4.79 Å². The van der Waals surface area contributed by atoms with Gasteiger partial charge in [-0.25, -0.2) is 5.10 Å². The molecular formula is C10H14N4O2. The van der Waals surface area contributed by atoms with E-state index in [0.717, 1.165) is 12.8 Å². The predicted octanol–water partition coefficient (Wildman–Crippen LogP) is -0.667. The van der Waals surface area contributed by atoms with E-state index in [9.17, 15) is 9.59 Å². The van der Waals surface area contributed by atoms with E-state index in [1.54, 1.807) is 4.90 Å².